The van der Waals surface area contributed by atoms with Crippen LogP contribution in [0.25, 0.3) is 0 Å². The molecule has 0 spiro atoms. The average molecular weight is 539 g/mol. The molecule has 0 amide bonds. The first-order chi connectivity index (χ1) is 19.4. The third-order valence-corrected chi connectivity index (χ3v) is 11.4. The molecule has 1 heterocycles. The Morgan fingerprint density at radius 3 is 2.60 bits per heavy atom. The number of anilines is 1. The van der Waals surface area contributed by atoms with Crippen LogP contribution >= 0.6 is 0 Å². The van der Waals surface area contributed by atoms with Gasteiger partial charge in [0.15, 0.2) is 0 Å². The third-order valence-electron chi connectivity index (χ3n) is 11.4. The minimum atomic E-state index is -0.186. The maximum Gasteiger partial charge on any atom is 0.137 e. The SMILES string of the molecule is CC#CCCC(=O)[C@H]1CC[C@H]2[C@@H]3CC(C)C4=CC(N=O)CCC4=C3[C@@H](c3ccc(N4CCCCC4)cc3)C[C@]12C. The van der Waals surface area contributed by atoms with Crippen molar-refractivity contribution in [1.29, 1.82) is 0 Å². The van der Waals surface area contributed by atoms with E-state index >= 15 is 0 Å². The van der Waals surface area contributed by atoms with E-state index in [1.807, 2.05) is 6.92 Å². The lowest BCUT2D eigenvalue weighted by Gasteiger charge is -2.53. The highest BCUT2D eigenvalue weighted by Gasteiger charge is 2.58. The summed E-state index contributed by atoms with van der Waals surface area (Å²) in [6, 6.07) is 9.31. The second-order valence-corrected chi connectivity index (χ2v) is 13.5. The lowest BCUT2D eigenvalue weighted by Crippen LogP contribution is -2.46. The molecule has 4 nitrogen and oxygen atoms in total. The van der Waals surface area contributed by atoms with Gasteiger partial charge in [-0.15, -0.1) is 11.8 Å². The van der Waals surface area contributed by atoms with Gasteiger partial charge in [-0.25, -0.2) is 0 Å². The quantitative estimate of drug-likeness (QED) is 0.270. The van der Waals surface area contributed by atoms with E-state index in [0.29, 0.717) is 42.3 Å². The van der Waals surface area contributed by atoms with E-state index in [9.17, 15) is 9.70 Å². The van der Waals surface area contributed by atoms with Crippen LogP contribution in [0.4, 0.5) is 5.69 Å². The largest absolute Gasteiger partial charge is 0.372 e. The van der Waals surface area contributed by atoms with E-state index < -0.39 is 0 Å². The number of piperidine rings is 1. The number of benzene rings is 1. The Morgan fingerprint density at radius 2 is 1.88 bits per heavy atom. The average Bonchev–Trinajstić information content (AvgIpc) is 3.34. The van der Waals surface area contributed by atoms with Crippen molar-refractivity contribution in [3.05, 3.63) is 57.5 Å². The standard InChI is InChI=1S/C36H46N2O2/c1-4-5-7-10-34(39)33-18-17-32-30-21-24(2)29-22-26(37-40)13-16-28(29)35(30)31(23-36(32,33)3)25-11-14-27(15-12-25)38-19-8-6-9-20-38/h11-12,14-15,22,24,26,30-33H,6-10,13,16-21,23H2,1-3H3/t24?,26?,30-,31+,32-,33+,36-/m0/s1. The van der Waals surface area contributed by atoms with Crippen molar-refractivity contribution in [2.24, 2.45) is 34.3 Å². The molecule has 2 unspecified atom stereocenters. The smallest absolute Gasteiger partial charge is 0.137 e. The number of Topliss-reactive ketones (excluding diaryl/α,β-unsaturated/α-hetero) is 1. The summed E-state index contributed by atoms with van der Waals surface area (Å²) in [4.78, 5) is 27.7. The fourth-order valence-electron chi connectivity index (χ4n) is 9.54. The van der Waals surface area contributed by atoms with Gasteiger partial charge in [-0.1, -0.05) is 42.8 Å². The minimum Gasteiger partial charge on any atom is -0.372 e. The van der Waals surface area contributed by atoms with Crippen molar-refractivity contribution >= 4 is 11.5 Å². The highest BCUT2D eigenvalue weighted by Crippen LogP contribution is 2.66. The number of fused-ring (bicyclic) bond motifs is 4. The van der Waals surface area contributed by atoms with Gasteiger partial charge in [0.05, 0.1) is 0 Å². The summed E-state index contributed by atoms with van der Waals surface area (Å²) in [5.74, 6) is 8.50. The number of rotatable bonds is 6. The summed E-state index contributed by atoms with van der Waals surface area (Å²) in [5, 5.41) is 3.43. The zero-order chi connectivity index (χ0) is 27.9. The molecule has 1 saturated heterocycles. The van der Waals surface area contributed by atoms with Gasteiger partial charge >= 0.3 is 0 Å². The van der Waals surface area contributed by atoms with E-state index in [2.05, 4.69) is 66.1 Å². The van der Waals surface area contributed by atoms with Gasteiger partial charge in [0.2, 0.25) is 0 Å². The highest BCUT2D eigenvalue weighted by molar-refractivity contribution is 5.82. The van der Waals surface area contributed by atoms with Crippen LogP contribution in [-0.2, 0) is 4.79 Å². The van der Waals surface area contributed by atoms with E-state index in [0.717, 1.165) is 51.6 Å². The summed E-state index contributed by atoms with van der Waals surface area (Å²) in [5.41, 5.74) is 7.34. The number of hydrogen-bond acceptors (Lipinski definition) is 4. The Hall–Kier alpha value is -2.67. The van der Waals surface area contributed by atoms with Crippen LogP contribution in [0.15, 0.2) is 52.2 Å². The summed E-state index contributed by atoms with van der Waals surface area (Å²) in [6.07, 6.45) is 13.5. The highest BCUT2D eigenvalue weighted by atomic mass is 16.3. The van der Waals surface area contributed by atoms with Crippen LogP contribution in [-0.4, -0.2) is 24.9 Å². The normalized spacial score (nSPS) is 35.1. The second-order valence-electron chi connectivity index (χ2n) is 13.5. The summed E-state index contributed by atoms with van der Waals surface area (Å²) >= 11 is 0. The van der Waals surface area contributed by atoms with E-state index in [1.165, 1.54) is 41.7 Å². The number of nitroso groups, excluding NO2 is 1. The first-order valence-electron chi connectivity index (χ1n) is 16.0. The molecule has 3 fully saturated rings. The van der Waals surface area contributed by atoms with Gasteiger partial charge in [-0.3, -0.25) is 4.79 Å². The van der Waals surface area contributed by atoms with Crippen LogP contribution in [0, 0.1) is 45.8 Å². The van der Waals surface area contributed by atoms with Crippen LogP contribution in [0.2, 0.25) is 0 Å². The first kappa shape index (κ1) is 27.5. The van der Waals surface area contributed by atoms with Gasteiger partial charge < -0.3 is 4.90 Å². The molecule has 2 saturated carbocycles. The summed E-state index contributed by atoms with van der Waals surface area (Å²) in [6.45, 7) is 8.98. The maximum atomic E-state index is 13.6. The van der Waals surface area contributed by atoms with Gasteiger partial charge in [-0.2, -0.15) is 4.91 Å². The molecule has 1 aromatic rings. The number of carbonyl (C=O) groups excluding carboxylic acids is 1. The number of ketones is 1. The zero-order valence-electron chi connectivity index (χ0n) is 24.8. The van der Waals surface area contributed by atoms with Crippen molar-refractivity contribution in [3.63, 3.8) is 0 Å². The Balaban J connectivity index is 1.40. The first-order valence-corrected chi connectivity index (χ1v) is 16.0. The summed E-state index contributed by atoms with van der Waals surface area (Å²) < 4.78 is 0. The molecular formula is C36H46N2O2. The van der Waals surface area contributed by atoms with Crippen molar-refractivity contribution < 1.29 is 4.79 Å². The second kappa shape index (κ2) is 11.3. The molecular weight excluding hydrogens is 492 g/mol. The molecule has 212 valence electrons. The molecule has 5 aliphatic rings. The molecule has 6 rings (SSSR count). The van der Waals surface area contributed by atoms with Crippen LogP contribution < -0.4 is 4.90 Å². The third kappa shape index (κ3) is 4.78. The maximum absolute atomic E-state index is 13.6. The Morgan fingerprint density at radius 1 is 1.10 bits per heavy atom. The molecule has 1 aliphatic heterocycles. The molecule has 1 aromatic carbocycles. The zero-order valence-corrected chi connectivity index (χ0v) is 24.8. The number of carbonyl (C=O) groups is 1. The Labute approximate surface area is 241 Å². The van der Waals surface area contributed by atoms with Crippen molar-refractivity contribution in [1.82, 2.24) is 0 Å². The molecule has 0 bridgehead atoms. The number of allylic oxidation sites excluding steroid dienone is 3. The van der Waals surface area contributed by atoms with Gasteiger partial charge in [0.25, 0.3) is 0 Å². The predicted molar refractivity (Wildman–Crippen MR) is 163 cm³/mol. The monoisotopic (exact) mass is 538 g/mol. The lowest BCUT2D eigenvalue weighted by molar-refractivity contribution is -0.127. The molecule has 4 heteroatoms. The van der Waals surface area contributed by atoms with Crippen LogP contribution in [0.1, 0.15) is 103 Å². The van der Waals surface area contributed by atoms with Gasteiger partial charge in [-0.05, 0) is 117 Å². The van der Waals surface area contributed by atoms with Crippen molar-refractivity contribution in [2.75, 3.05) is 18.0 Å². The number of nitrogens with zero attached hydrogens (tertiary/aromatic N) is 2. The Kier molecular flexibility index (Phi) is 7.77. The van der Waals surface area contributed by atoms with Gasteiger partial charge in [0.1, 0.15) is 11.8 Å². The van der Waals surface area contributed by atoms with Crippen molar-refractivity contribution in [3.8, 4) is 11.8 Å². The molecule has 7 atom stereocenters. The fraction of sp³-hybridized carbons (Fsp3) is 0.639. The molecule has 0 N–H and O–H groups in total. The van der Waals surface area contributed by atoms with E-state index in [1.54, 1.807) is 5.57 Å². The van der Waals surface area contributed by atoms with Crippen molar-refractivity contribution in [2.45, 2.75) is 103 Å². The molecule has 40 heavy (non-hydrogen) atoms. The number of hydrogen-bond donors (Lipinski definition) is 0. The van der Waals surface area contributed by atoms with Crippen LogP contribution in [0.3, 0.4) is 0 Å². The fourth-order valence-corrected chi connectivity index (χ4v) is 9.54. The topological polar surface area (TPSA) is 49.7 Å². The van der Waals surface area contributed by atoms with E-state index in [-0.39, 0.29) is 17.4 Å². The molecule has 0 aromatic heterocycles. The van der Waals surface area contributed by atoms with Crippen LogP contribution in [0.5, 0.6) is 0 Å². The summed E-state index contributed by atoms with van der Waals surface area (Å²) in [7, 11) is 0. The van der Waals surface area contributed by atoms with Gasteiger partial charge in [0, 0.05) is 43.5 Å². The Bertz CT molecular complexity index is 1260. The molecule has 0 radical (unpaired) electrons. The predicted octanol–water partition coefficient (Wildman–Crippen LogP) is 8.38. The minimum absolute atomic E-state index is 0.0180. The molecule has 4 aliphatic carbocycles. The lowest BCUT2D eigenvalue weighted by atomic mass is 9.50. The van der Waals surface area contributed by atoms with E-state index in [4.69, 9.17) is 0 Å².